The van der Waals surface area contributed by atoms with E-state index in [1.807, 2.05) is 7.05 Å². The van der Waals surface area contributed by atoms with Crippen LogP contribution in [0.25, 0.3) is 0 Å². The Labute approximate surface area is 149 Å². The summed E-state index contributed by atoms with van der Waals surface area (Å²) >= 11 is 0. The zero-order chi connectivity index (χ0) is 16.8. The van der Waals surface area contributed by atoms with Crippen molar-refractivity contribution in [3.63, 3.8) is 0 Å². The van der Waals surface area contributed by atoms with Gasteiger partial charge in [0.25, 0.3) is 0 Å². The summed E-state index contributed by atoms with van der Waals surface area (Å²) < 4.78 is 8.42. The number of hydrogen-bond acceptors (Lipinski definition) is 3. The van der Waals surface area contributed by atoms with Gasteiger partial charge in [-0.15, -0.1) is 0 Å². The average Bonchev–Trinajstić information content (AvgIpc) is 3.39. The Morgan fingerprint density at radius 2 is 2.08 bits per heavy atom. The van der Waals surface area contributed by atoms with Gasteiger partial charge in [0.05, 0.1) is 17.9 Å². The molecule has 5 heterocycles. The van der Waals surface area contributed by atoms with E-state index in [0.29, 0.717) is 12.2 Å². The number of nitrogens with zero attached hydrogens (tertiary/aromatic N) is 4. The van der Waals surface area contributed by atoms with Crippen LogP contribution in [0.4, 0.5) is 0 Å². The van der Waals surface area contributed by atoms with Crippen molar-refractivity contribution in [3.05, 3.63) is 17.7 Å². The Morgan fingerprint density at radius 3 is 2.80 bits per heavy atom. The summed E-state index contributed by atoms with van der Waals surface area (Å²) in [4.78, 5) is 11.8. The van der Waals surface area contributed by atoms with Crippen molar-refractivity contribution < 1.29 is 4.74 Å². The van der Waals surface area contributed by atoms with Gasteiger partial charge < -0.3 is 19.5 Å². The Kier molecular flexibility index (Phi) is 3.95. The van der Waals surface area contributed by atoms with Crippen LogP contribution in [0, 0.1) is 11.8 Å². The second-order valence-corrected chi connectivity index (χ2v) is 8.05. The Hall–Kier alpha value is -1.56. The molecule has 0 radical (unpaired) electrons. The molecule has 25 heavy (non-hydrogen) atoms. The number of aryl methyl sites for hydroxylation is 2. The van der Waals surface area contributed by atoms with Gasteiger partial charge in [-0.3, -0.25) is 4.99 Å². The van der Waals surface area contributed by atoms with Gasteiger partial charge in [-0.1, -0.05) is 0 Å². The van der Waals surface area contributed by atoms with E-state index >= 15 is 0 Å². The molecule has 6 nitrogen and oxygen atoms in total. The lowest BCUT2D eigenvalue weighted by molar-refractivity contribution is 0.0767. The standard InChI is InChI=1S/C19H29N5O/c1-20-19(24-11-14-15(12-24)17-6-5-16(14)25-17)21-8-7-13-10-23-9-3-2-4-18(23)22-13/h10,14-17H,2-9,11-12H2,1H3,(H,20,21). The van der Waals surface area contributed by atoms with E-state index in [0.717, 1.165) is 56.8 Å². The molecule has 0 aliphatic carbocycles. The topological polar surface area (TPSA) is 54.7 Å². The SMILES string of the molecule is CN=C(NCCc1cn2c(n1)CCCC2)N1CC2C3CCC(O3)C2C1. The highest BCUT2D eigenvalue weighted by atomic mass is 16.5. The number of hydrogen-bond donors (Lipinski definition) is 1. The number of nitrogens with one attached hydrogen (secondary N) is 1. The van der Waals surface area contributed by atoms with Crippen LogP contribution >= 0.6 is 0 Å². The van der Waals surface area contributed by atoms with E-state index in [-0.39, 0.29) is 0 Å². The molecule has 4 atom stereocenters. The maximum absolute atomic E-state index is 6.08. The first-order chi connectivity index (χ1) is 12.3. The zero-order valence-electron chi connectivity index (χ0n) is 15.2. The first kappa shape index (κ1) is 15.7. The normalized spacial score (nSPS) is 33.6. The summed E-state index contributed by atoms with van der Waals surface area (Å²) in [6.07, 6.45) is 10.5. The molecule has 4 unspecified atom stereocenters. The Morgan fingerprint density at radius 1 is 1.28 bits per heavy atom. The summed E-state index contributed by atoms with van der Waals surface area (Å²) in [5, 5.41) is 3.57. The van der Waals surface area contributed by atoms with Crippen LogP contribution in [0.5, 0.6) is 0 Å². The Bertz CT molecular complexity index is 627. The molecule has 0 aromatic carbocycles. The molecule has 5 rings (SSSR count). The fraction of sp³-hybridized carbons (Fsp3) is 0.789. The number of aliphatic imine (C=N–C) groups is 1. The number of imidazole rings is 1. The first-order valence-electron chi connectivity index (χ1n) is 9.98. The van der Waals surface area contributed by atoms with Crippen LogP contribution in [0.3, 0.4) is 0 Å². The van der Waals surface area contributed by atoms with Crippen molar-refractivity contribution in [1.82, 2.24) is 19.8 Å². The number of likely N-dealkylation sites (tertiary alicyclic amines) is 1. The maximum atomic E-state index is 6.08. The van der Waals surface area contributed by atoms with Crippen molar-refractivity contribution in [2.45, 2.75) is 57.3 Å². The second kappa shape index (κ2) is 6.31. The number of ether oxygens (including phenoxy) is 1. The van der Waals surface area contributed by atoms with E-state index in [9.17, 15) is 0 Å². The number of fused-ring (bicyclic) bond motifs is 6. The minimum absolute atomic E-state index is 0.509. The zero-order valence-corrected chi connectivity index (χ0v) is 15.2. The molecule has 136 valence electrons. The summed E-state index contributed by atoms with van der Waals surface area (Å²) in [6, 6.07) is 0. The molecule has 0 spiro atoms. The molecule has 1 N–H and O–H groups in total. The third-order valence-corrected chi connectivity index (χ3v) is 6.59. The first-order valence-corrected chi connectivity index (χ1v) is 9.98. The van der Waals surface area contributed by atoms with Crippen molar-refractivity contribution in [1.29, 1.82) is 0 Å². The van der Waals surface area contributed by atoms with Crippen LogP contribution in [0.15, 0.2) is 11.2 Å². The molecule has 0 amide bonds. The predicted octanol–water partition coefficient (Wildman–Crippen LogP) is 1.45. The van der Waals surface area contributed by atoms with E-state index < -0.39 is 0 Å². The van der Waals surface area contributed by atoms with E-state index in [4.69, 9.17) is 9.72 Å². The predicted molar refractivity (Wildman–Crippen MR) is 96.7 cm³/mol. The van der Waals surface area contributed by atoms with Gasteiger partial charge in [-0.2, -0.15) is 0 Å². The van der Waals surface area contributed by atoms with Crippen LogP contribution in [-0.2, 0) is 24.1 Å². The van der Waals surface area contributed by atoms with E-state index in [1.54, 1.807) is 0 Å². The lowest BCUT2D eigenvalue weighted by Crippen LogP contribution is -2.42. The van der Waals surface area contributed by atoms with Gasteiger partial charge in [0, 0.05) is 64.1 Å². The van der Waals surface area contributed by atoms with Gasteiger partial charge in [0.1, 0.15) is 5.82 Å². The minimum atomic E-state index is 0.509. The molecule has 4 aliphatic heterocycles. The molecular weight excluding hydrogens is 314 g/mol. The van der Waals surface area contributed by atoms with E-state index in [1.165, 1.54) is 37.2 Å². The van der Waals surface area contributed by atoms with Crippen LogP contribution in [-0.4, -0.2) is 59.3 Å². The lowest BCUT2D eigenvalue weighted by Gasteiger charge is -2.23. The molecule has 0 saturated carbocycles. The van der Waals surface area contributed by atoms with Crippen molar-refractivity contribution in [2.75, 3.05) is 26.7 Å². The van der Waals surface area contributed by atoms with Crippen molar-refractivity contribution in [3.8, 4) is 0 Å². The molecule has 4 aliphatic rings. The van der Waals surface area contributed by atoms with Crippen LogP contribution in [0.2, 0.25) is 0 Å². The third kappa shape index (κ3) is 2.75. The van der Waals surface area contributed by atoms with Crippen LogP contribution in [0.1, 0.15) is 37.2 Å². The third-order valence-electron chi connectivity index (χ3n) is 6.59. The smallest absolute Gasteiger partial charge is 0.193 e. The average molecular weight is 343 g/mol. The molecular formula is C19H29N5O. The van der Waals surface area contributed by atoms with Gasteiger partial charge in [-0.25, -0.2) is 4.98 Å². The highest BCUT2D eigenvalue weighted by molar-refractivity contribution is 5.80. The van der Waals surface area contributed by atoms with Gasteiger partial charge in [0.15, 0.2) is 5.96 Å². The van der Waals surface area contributed by atoms with Crippen molar-refractivity contribution in [2.24, 2.45) is 16.8 Å². The highest BCUT2D eigenvalue weighted by Crippen LogP contribution is 2.47. The van der Waals surface area contributed by atoms with E-state index in [2.05, 4.69) is 26.0 Å². The number of guanidine groups is 1. The summed E-state index contributed by atoms with van der Waals surface area (Å²) in [5.41, 5.74) is 1.21. The molecule has 1 aromatic rings. The number of aromatic nitrogens is 2. The van der Waals surface area contributed by atoms with Gasteiger partial charge in [0.2, 0.25) is 0 Å². The monoisotopic (exact) mass is 343 g/mol. The lowest BCUT2D eigenvalue weighted by atomic mass is 9.82. The number of rotatable bonds is 3. The van der Waals surface area contributed by atoms with Crippen LogP contribution < -0.4 is 5.32 Å². The molecule has 6 heteroatoms. The summed E-state index contributed by atoms with van der Waals surface area (Å²) in [6.45, 7) is 4.24. The fourth-order valence-electron chi connectivity index (χ4n) is 5.36. The van der Waals surface area contributed by atoms with Gasteiger partial charge in [-0.05, 0) is 25.7 Å². The largest absolute Gasteiger partial charge is 0.374 e. The Balaban J connectivity index is 1.16. The molecule has 3 fully saturated rings. The second-order valence-electron chi connectivity index (χ2n) is 8.05. The van der Waals surface area contributed by atoms with Crippen molar-refractivity contribution >= 4 is 5.96 Å². The molecule has 1 aromatic heterocycles. The summed E-state index contributed by atoms with van der Waals surface area (Å²) in [5.74, 6) is 3.76. The minimum Gasteiger partial charge on any atom is -0.374 e. The quantitative estimate of drug-likeness (QED) is 0.667. The summed E-state index contributed by atoms with van der Waals surface area (Å²) in [7, 11) is 1.90. The highest BCUT2D eigenvalue weighted by Gasteiger charge is 2.53. The maximum Gasteiger partial charge on any atom is 0.193 e. The van der Waals surface area contributed by atoms with Gasteiger partial charge >= 0.3 is 0 Å². The molecule has 2 bridgehead atoms. The molecule has 3 saturated heterocycles. The fourth-order valence-corrected chi connectivity index (χ4v) is 5.36.